The van der Waals surface area contributed by atoms with Gasteiger partial charge in [-0.1, -0.05) is 26.7 Å². The SMILES string of the molecule is C=C(C)C(=O)O.C=C(C)C(=O)O.C=C(C)C(=O)O.CC1=[C-]CC=C1C.[Ti]. The first-order chi connectivity index (χ1) is 11.2. The van der Waals surface area contributed by atoms with Crippen molar-refractivity contribution in [3.63, 3.8) is 0 Å². The Morgan fingerprint density at radius 1 is 0.846 bits per heavy atom. The van der Waals surface area contributed by atoms with Gasteiger partial charge in [-0.3, -0.25) is 6.08 Å². The van der Waals surface area contributed by atoms with Crippen molar-refractivity contribution < 1.29 is 51.4 Å². The quantitative estimate of drug-likeness (QED) is 0.375. The molecule has 0 aliphatic heterocycles. The van der Waals surface area contributed by atoms with E-state index in [2.05, 4.69) is 45.7 Å². The van der Waals surface area contributed by atoms with Gasteiger partial charge in [0.15, 0.2) is 0 Å². The van der Waals surface area contributed by atoms with Gasteiger partial charge in [0.25, 0.3) is 0 Å². The number of allylic oxidation sites excluding steroid dienone is 4. The van der Waals surface area contributed by atoms with E-state index in [9.17, 15) is 14.4 Å². The van der Waals surface area contributed by atoms with Crippen LogP contribution < -0.4 is 0 Å². The van der Waals surface area contributed by atoms with Crippen LogP contribution in [0, 0.1) is 6.08 Å². The van der Waals surface area contributed by atoms with Crippen LogP contribution in [-0.2, 0) is 36.1 Å². The molecule has 0 spiro atoms. The summed E-state index contributed by atoms with van der Waals surface area (Å²) in [6.07, 6.45) is 6.41. The summed E-state index contributed by atoms with van der Waals surface area (Å²) < 4.78 is 0. The predicted octanol–water partition coefficient (Wildman–Crippen LogP) is 4.02. The first-order valence-corrected chi connectivity index (χ1v) is 7.14. The number of carboxylic acids is 3. The number of carboxylic acid groups (broad SMARTS) is 3. The summed E-state index contributed by atoms with van der Waals surface area (Å²) in [5.41, 5.74) is 3.24. The number of hydrogen-bond acceptors (Lipinski definition) is 3. The van der Waals surface area contributed by atoms with Gasteiger partial charge in [-0.25, -0.2) is 25.5 Å². The van der Waals surface area contributed by atoms with Crippen molar-refractivity contribution in [3.8, 4) is 0 Å². The van der Waals surface area contributed by atoms with E-state index in [1.54, 1.807) is 0 Å². The number of rotatable bonds is 3. The van der Waals surface area contributed by atoms with E-state index in [4.69, 9.17) is 15.3 Å². The molecule has 3 N–H and O–H groups in total. The fourth-order valence-electron chi connectivity index (χ4n) is 0.650. The summed E-state index contributed by atoms with van der Waals surface area (Å²) in [7, 11) is 0. The molecule has 0 fully saturated rings. The molecular weight excluding hydrogens is 372 g/mol. The standard InChI is InChI=1S/C7H9.3C4H6O2.Ti/c1-6-4-3-5-7(6)2;3*1-3(2)4(5)6;/h4H,3H2,1-2H3;3*1H2,2H3,(H,5,6);/q-1;;;;. The summed E-state index contributed by atoms with van der Waals surface area (Å²) in [4.78, 5) is 28.8. The average molecular weight is 399 g/mol. The zero-order valence-electron chi connectivity index (χ0n) is 16.0. The summed E-state index contributed by atoms with van der Waals surface area (Å²) in [6, 6.07) is 0. The van der Waals surface area contributed by atoms with Crippen LogP contribution in [0.15, 0.2) is 53.7 Å². The molecule has 0 amide bonds. The number of carbonyl (C=O) groups is 3. The van der Waals surface area contributed by atoms with Crippen molar-refractivity contribution >= 4 is 17.9 Å². The number of hydrogen-bond donors (Lipinski definition) is 3. The molecule has 0 bridgehead atoms. The Kier molecular flexibility index (Phi) is 21.4. The largest absolute Gasteiger partial charge is 0.478 e. The van der Waals surface area contributed by atoms with Crippen molar-refractivity contribution in [2.75, 3.05) is 0 Å². The maximum Gasteiger partial charge on any atom is 0.330 e. The van der Waals surface area contributed by atoms with Gasteiger partial charge in [-0.15, -0.1) is 13.3 Å². The second kappa shape index (κ2) is 17.6. The minimum absolute atomic E-state index is 0. The molecule has 26 heavy (non-hydrogen) atoms. The van der Waals surface area contributed by atoms with Crippen molar-refractivity contribution in [2.24, 2.45) is 0 Å². The molecular formula is C19H27O6Ti-. The van der Waals surface area contributed by atoms with Gasteiger partial charge in [0.2, 0.25) is 0 Å². The van der Waals surface area contributed by atoms with Gasteiger partial charge in [0.1, 0.15) is 0 Å². The van der Waals surface area contributed by atoms with Crippen LogP contribution >= 0.6 is 0 Å². The molecule has 0 aromatic heterocycles. The first kappa shape index (κ1) is 31.6. The van der Waals surface area contributed by atoms with Crippen LogP contribution in [0.1, 0.15) is 41.0 Å². The molecule has 0 atom stereocenters. The van der Waals surface area contributed by atoms with E-state index in [1.165, 1.54) is 31.9 Å². The average Bonchev–Trinajstić information content (AvgIpc) is 2.84. The van der Waals surface area contributed by atoms with E-state index in [0.717, 1.165) is 6.42 Å². The molecule has 1 aliphatic rings. The molecule has 0 aromatic rings. The Balaban J connectivity index is -0.000000123. The topological polar surface area (TPSA) is 112 Å². The third-order valence-corrected chi connectivity index (χ3v) is 2.46. The van der Waals surface area contributed by atoms with Crippen molar-refractivity contribution in [3.05, 3.63) is 59.8 Å². The predicted molar refractivity (Wildman–Crippen MR) is 98.2 cm³/mol. The van der Waals surface area contributed by atoms with Gasteiger partial charge in [-0.05, 0) is 20.8 Å². The maximum absolute atomic E-state index is 9.60. The van der Waals surface area contributed by atoms with Crippen LogP contribution in [-0.4, -0.2) is 33.2 Å². The fraction of sp³-hybridized carbons (Fsp3) is 0.316. The third kappa shape index (κ3) is 24.1. The molecule has 0 saturated heterocycles. The molecule has 1 aliphatic carbocycles. The molecule has 0 saturated carbocycles. The Morgan fingerprint density at radius 2 is 1.08 bits per heavy atom. The Bertz CT molecular complexity index is 488. The van der Waals surface area contributed by atoms with Crippen LogP contribution in [0.5, 0.6) is 0 Å². The smallest absolute Gasteiger partial charge is 0.330 e. The van der Waals surface area contributed by atoms with E-state index in [-0.39, 0.29) is 38.4 Å². The summed E-state index contributed by atoms with van der Waals surface area (Å²) in [5, 5.41) is 23.7. The number of aliphatic carboxylic acids is 3. The molecule has 0 heterocycles. The van der Waals surface area contributed by atoms with Crippen LogP contribution in [0.2, 0.25) is 0 Å². The zero-order valence-corrected chi connectivity index (χ0v) is 17.5. The van der Waals surface area contributed by atoms with Gasteiger partial charge < -0.3 is 15.3 Å². The molecule has 144 valence electrons. The molecule has 1 rings (SSSR count). The minimum Gasteiger partial charge on any atom is -0.478 e. The van der Waals surface area contributed by atoms with Crippen LogP contribution in [0.4, 0.5) is 0 Å². The second-order valence-electron chi connectivity index (χ2n) is 5.15. The van der Waals surface area contributed by atoms with Crippen molar-refractivity contribution in [1.82, 2.24) is 0 Å². The van der Waals surface area contributed by atoms with E-state index < -0.39 is 17.9 Å². The molecule has 0 unspecified atom stereocenters. The zero-order chi connectivity index (χ0) is 20.7. The molecule has 7 heteroatoms. The van der Waals surface area contributed by atoms with E-state index in [1.807, 2.05) is 0 Å². The van der Waals surface area contributed by atoms with E-state index >= 15 is 0 Å². The summed E-state index contributed by atoms with van der Waals surface area (Å²) >= 11 is 0. The first-order valence-electron chi connectivity index (χ1n) is 7.14. The Hall–Kier alpha value is -2.18. The summed E-state index contributed by atoms with van der Waals surface area (Å²) in [6.45, 7) is 18.0. The van der Waals surface area contributed by atoms with Crippen molar-refractivity contribution in [2.45, 2.75) is 41.0 Å². The Morgan fingerprint density at radius 3 is 1.12 bits per heavy atom. The fourth-order valence-corrected chi connectivity index (χ4v) is 0.650. The molecule has 6 nitrogen and oxygen atoms in total. The normalized spacial score (nSPS) is 10.3. The third-order valence-electron chi connectivity index (χ3n) is 2.46. The monoisotopic (exact) mass is 399 g/mol. The second-order valence-corrected chi connectivity index (χ2v) is 5.15. The van der Waals surface area contributed by atoms with Crippen LogP contribution in [0.3, 0.4) is 0 Å². The van der Waals surface area contributed by atoms with Gasteiger partial charge in [-0.2, -0.15) is 6.08 Å². The van der Waals surface area contributed by atoms with E-state index in [0.29, 0.717) is 0 Å². The minimum atomic E-state index is -0.935. The summed E-state index contributed by atoms with van der Waals surface area (Å²) in [5.74, 6) is -2.81. The Labute approximate surface area is 170 Å². The maximum atomic E-state index is 9.60. The van der Waals surface area contributed by atoms with Crippen LogP contribution in [0.25, 0.3) is 0 Å². The van der Waals surface area contributed by atoms with Crippen molar-refractivity contribution in [1.29, 1.82) is 0 Å². The van der Waals surface area contributed by atoms with Gasteiger partial charge in [0, 0.05) is 38.4 Å². The van der Waals surface area contributed by atoms with Gasteiger partial charge in [0.05, 0.1) is 0 Å². The molecule has 0 aromatic carbocycles. The van der Waals surface area contributed by atoms with Gasteiger partial charge >= 0.3 is 17.9 Å². The molecule has 0 radical (unpaired) electrons.